The fraction of sp³-hybridized carbons (Fsp3) is 0.500. The fourth-order valence-electron chi connectivity index (χ4n) is 1.12. The Morgan fingerprint density at radius 1 is 1.38 bits per heavy atom. The number of hydrogen-bond acceptors (Lipinski definition) is 1. The smallest absolute Gasteiger partial charge is 0.0603 e. The number of aliphatic hydroxyl groups is 1. The maximum atomic E-state index is 9.58. The number of rotatable bonds is 6. The van der Waals surface area contributed by atoms with Gasteiger partial charge in [-0.05, 0) is 19.8 Å². The van der Waals surface area contributed by atoms with Crippen molar-refractivity contribution in [3.05, 3.63) is 37.5 Å². The molecule has 0 aliphatic rings. The van der Waals surface area contributed by atoms with Gasteiger partial charge in [0.25, 0.3) is 0 Å². The molecule has 0 bridgehead atoms. The molecule has 1 heteroatoms. The Balaban J connectivity index is 4.39. The minimum absolute atomic E-state index is 0.190. The van der Waals surface area contributed by atoms with Crippen molar-refractivity contribution in [1.29, 1.82) is 0 Å². The second-order valence-electron chi connectivity index (χ2n) is 3.60. The summed E-state index contributed by atoms with van der Waals surface area (Å²) in [6.45, 7) is 11.2. The third kappa shape index (κ3) is 4.09. The van der Waals surface area contributed by atoms with E-state index < -0.39 is 0 Å². The second kappa shape index (κ2) is 5.76. The van der Waals surface area contributed by atoms with Gasteiger partial charge in [-0.15, -0.1) is 13.2 Å². The molecule has 0 radical (unpaired) electrons. The summed E-state index contributed by atoms with van der Waals surface area (Å²) in [6, 6.07) is 0. The predicted octanol–water partition coefficient (Wildman–Crippen LogP) is 3.08. The Hall–Kier alpha value is -0.820. The molecule has 0 aromatic rings. The van der Waals surface area contributed by atoms with Crippen LogP contribution in [-0.2, 0) is 0 Å². The summed E-state index contributed by atoms with van der Waals surface area (Å²) in [6.07, 6.45) is 9.03. The molecule has 2 atom stereocenters. The summed E-state index contributed by atoms with van der Waals surface area (Å²) in [5.74, 6) is 0. The Bertz CT molecular complexity index is 191. The van der Waals surface area contributed by atoms with Crippen molar-refractivity contribution in [2.24, 2.45) is 5.41 Å². The second-order valence-corrected chi connectivity index (χ2v) is 3.60. The Labute approximate surface area is 81.5 Å². The highest BCUT2D eigenvalue weighted by Gasteiger charge is 2.24. The van der Waals surface area contributed by atoms with Gasteiger partial charge in [0.05, 0.1) is 6.10 Å². The normalized spacial score (nSPS) is 18.1. The van der Waals surface area contributed by atoms with Gasteiger partial charge in [-0.1, -0.05) is 31.2 Å². The molecule has 0 aliphatic carbocycles. The van der Waals surface area contributed by atoms with E-state index >= 15 is 0 Å². The summed E-state index contributed by atoms with van der Waals surface area (Å²) >= 11 is 0. The molecule has 1 N–H and O–H groups in total. The monoisotopic (exact) mass is 180 g/mol. The van der Waals surface area contributed by atoms with Crippen LogP contribution in [-0.4, -0.2) is 11.2 Å². The molecular weight excluding hydrogens is 160 g/mol. The van der Waals surface area contributed by atoms with E-state index in [2.05, 4.69) is 13.2 Å². The van der Waals surface area contributed by atoms with Crippen molar-refractivity contribution in [3.8, 4) is 0 Å². The molecule has 0 fully saturated rings. The molecule has 0 spiro atoms. The highest BCUT2D eigenvalue weighted by molar-refractivity contribution is 5.04. The van der Waals surface area contributed by atoms with E-state index in [1.165, 1.54) is 0 Å². The zero-order valence-electron chi connectivity index (χ0n) is 8.66. The van der Waals surface area contributed by atoms with Crippen molar-refractivity contribution in [2.75, 3.05) is 0 Å². The maximum Gasteiger partial charge on any atom is 0.0603 e. The highest BCUT2D eigenvalue weighted by atomic mass is 16.3. The minimum Gasteiger partial charge on any atom is -0.393 e. The summed E-state index contributed by atoms with van der Waals surface area (Å²) in [4.78, 5) is 0. The minimum atomic E-state index is -0.355. The third-order valence-corrected chi connectivity index (χ3v) is 2.34. The molecule has 0 aromatic carbocycles. The number of hydrogen-bond donors (Lipinski definition) is 1. The van der Waals surface area contributed by atoms with Crippen molar-refractivity contribution in [1.82, 2.24) is 0 Å². The first-order valence-electron chi connectivity index (χ1n) is 4.64. The van der Waals surface area contributed by atoms with Crippen molar-refractivity contribution in [2.45, 2.75) is 32.8 Å². The average Bonchev–Trinajstić information content (AvgIpc) is 2.05. The SMILES string of the molecule is C=CC/C=C/C(C)(CC=C)C(C)O. The van der Waals surface area contributed by atoms with E-state index in [9.17, 15) is 5.11 Å². The summed E-state index contributed by atoms with van der Waals surface area (Å²) in [5, 5.41) is 9.58. The lowest BCUT2D eigenvalue weighted by Gasteiger charge is -2.27. The van der Waals surface area contributed by atoms with E-state index in [1.807, 2.05) is 38.2 Å². The largest absolute Gasteiger partial charge is 0.393 e. The van der Waals surface area contributed by atoms with Crippen LogP contribution in [0.25, 0.3) is 0 Å². The van der Waals surface area contributed by atoms with E-state index in [0.29, 0.717) is 0 Å². The summed E-state index contributed by atoms with van der Waals surface area (Å²) in [5.41, 5.74) is -0.190. The molecule has 0 aliphatic heterocycles. The van der Waals surface area contributed by atoms with Crippen molar-refractivity contribution >= 4 is 0 Å². The lowest BCUT2D eigenvalue weighted by molar-refractivity contribution is 0.0889. The average molecular weight is 180 g/mol. The lowest BCUT2D eigenvalue weighted by atomic mass is 9.81. The lowest BCUT2D eigenvalue weighted by Crippen LogP contribution is -2.26. The van der Waals surface area contributed by atoms with Crippen molar-refractivity contribution < 1.29 is 5.11 Å². The molecule has 0 amide bonds. The number of aliphatic hydroxyl groups excluding tert-OH is 1. The van der Waals surface area contributed by atoms with Crippen LogP contribution in [0.4, 0.5) is 0 Å². The number of allylic oxidation sites excluding steroid dienone is 3. The molecule has 13 heavy (non-hydrogen) atoms. The van der Waals surface area contributed by atoms with Crippen LogP contribution in [0.1, 0.15) is 26.7 Å². The van der Waals surface area contributed by atoms with Gasteiger partial charge >= 0.3 is 0 Å². The van der Waals surface area contributed by atoms with Crippen LogP contribution in [0.15, 0.2) is 37.5 Å². The van der Waals surface area contributed by atoms with Crippen LogP contribution < -0.4 is 0 Å². The molecular formula is C12H20O. The summed E-state index contributed by atoms with van der Waals surface area (Å²) in [7, 11) is 0. The molecule has 0 saturated heterocycles. The van der Waals surface area contributed by atoms with Gasteiger partial charge in [-0.25, -0.2) is 0 Å². The third-order valence-electron chi connectivity index (χ3n) is 2.34. The zero-order chi connectivity index (χ0) is 10.3. The van der Waals surface area contributed by atoms with Gasteiger partial charge in [-0.2, -0.15) is 0 Å². The molecule has 0 rings (SSSR count). The molecule has 0 heterocycles. The molecule has 0 aromatic heterocycles. The predicted molar refractivity (Wildman–Crippen MR) is 58.6 cm³/mol. The van der Waals surface area contributed by atoms with Crippen LogP contribution in [0.2, 0.25) is 0 Å². The van der Waals surface area contributed by atoms with Crippen LogP contribution in [0, 0.1) is 5.41 Å². The van der Waals surface area contributed by atoms with Crippen LogP contribution >= 0.6 is 0 Å². The maximum absolute atomic E-state index is 9.58. The molecule has 1 nitrogen and oxygen atoms in total. The van der Waals surface area contributed by atoms with Gasteiger partial charge in [0, 0.05) is 5.41 Å². The van der Waals surface area contributed by atoms with Gasteiger partial charge in [0.15, 0.2) is 0 Å². The van der Waals surface area contributed by atoms with E-state index in [4.69, 9.17) is 0 Å². The van der Waals surface area contributed by atoms with Crippen LogP contribution in [0.5, 0.6) is 0 Å². The zero-order valence-corrected chi connectivity index (χ0v) is 8.66. The van der Waals surface area contributed by atoms with E-state index in [1.54, 1.807) is 0 Å². The fourth-order valence-corrected chi connectivity index (χ4v) is 1.12. The molecule has 2 unspecified atom stereocenters. The Morgan fingerprint density at radius 3 is 2.38 bits per heavy atom. The van der Waals surface area contributed by atoms with Gasteiger partial charge in [-0.3, -0.25) is 0 Å². The van der Waals surface area contributed by atoms with E-state index in [0.717, 1.165) is 12.8 Å². The first kappa shape index (κ1) is 12.2. The van der Waals surface area contributed by atoms with Gasteiger partial charge < -0.3 is 5.11 Å². The molecule has 74 valence electrons. The Morgan fingerprint density at radius 2 is 2.00 bits per heavy atom. The van der Waals surface area contributed by atoms with Gasteiger partial charge in [0.2, 0.25) is 0 Å². The quantitative estimate of drug-likeness (QED) is 0.623. The first-order valence-corrected chi connectivity index (χ1v) is 4.64. The first-order chi connectivity index (χ1) is 6.06. The highest BCUT2D eigenvalue weighted by Crippen LogP contribution is 2.28. The molecule has 0 saturated carbocycles. The summed E-state index contributed by atoms with van der Waals surface area (Å²) < 4.78 is 0. The van der Waals surface area contributed by atoms with Crippen LogP contribution in [0.3, 0.4) is 0 Å². The van der Waals surface area contributed by atoms with Crippen molar-refractivity contribution in [3.63, 3.8) is 0 Å². The van der Waals surface area contributed by atoms with E-state index in [-0.39, 0.29) is 11.5 Å². The Kier molecular flexibility index (Phi) is 5.40. The topological polar surface area (TPSA) is 20.2 Å². The van der Waals surface area contributed by atoms with Gasteiger partial charge in [0.1, 0.15) is 0 Å². The standard InChI is InChI=1S/C12H20O/c1-5-7-8-10-12(4,9-6-2)11(3)13/h5-6,8,10-11,13H,1-2,7,9H2,3-4H3/b10-8+.